The second-order valence-electron chi connectivity index (χ2n) is 15.0. The number of ether oxygens (including phenoxy) is 4. The van der Waals surface area contributed by atoms with Crippen LogP contribution in [0.5, 0.6) is 23.0 Å². The molecule has 4 nitrogen and oxygen atoms in total. The highest BCUT2D eigenvalue weighted by Crippen LogP contribution is 2.40. The van der Waals surface area contributed by atoms with Crippen molar-refractivity contribution in [3.8, 4) is 23.0 Å². The highest BCUT2D eigenvalue weighted by atomic mass is 19.4. The zero-order chi connectivity index (χ0) is 41.0. The van der Waals surface area contributed by atoms with Gasteiger partial charge in [0.2, 0.25) is 0 Å². The number of halogens is 8. The highest BCUT2D eigenvalue weighted by Gasteiger charge is 2.32. The molecule has 2 saturated carbocycles. The minimum absolute atomic E-state index is 0.137. The van der Waals surface area contributed by atoms with E-state index in [1.165, 1.54) is 106 Å². The van der Waals surface area contributed by atoms with Gasteiger partial charge in [-0.05, 0) is 146 Å². The van der Waals surface area contributed by atoms with E-state index in [0.717, 1.165) is 48.6 Å². The zero-order valence-corrected chi connectivity index (χ0v) is 32.2. The van der Waals surface area contributed by atoms with Crippen LogP contribution in [-0.4, -0.2) is 12.7 Å². The fraction of sp³-hybridized carbons (Fsp3) is 0.467. The molecule has 2 aliphatic rings. The Bertz CT molecular complexity index is 1810. The molecule has 0 radical (unpaired) electrons. The second-order valence-corrected chi connectivity index (χ2v) is 15.0. The molecule has 0 saturated heterocycles. The molecule has 310 valence electrons. The van der Waals surface area contributed by atoms with Gasteiger partial charge in [0.15, 0.2) is 0 Å². The summed E-state index contributed by atoms with van der Waals surface area (Å²) in [5.41, 5.74) is 3.26. The van der Waals surface area contributed by atoms with E-state index in [0.29, 0.717) is 34.5 Å². The average Bonchev–Trinajstić information content (AvgIpc) is 3.16. The Morgan fingerprint density at radius 3 is 1.23 bits per heavy atom. The number of alkyl halides is 6. The van der Waals surface area contributed by atoms with Crippen LogP contribution in [0.2, 0.25) is 0 Å². The summed E-state index contributed by atoms with van der Waals surface area (Å²) in [5.74, 6) is 1.88. The third kappa shape index (κ3) is 14.8. The third-order valence-corrected chi connectivity index (χ3v) is 10.8. The van der Waals surface area contributed by atoms with Crippen LogP contribution in [0, 0.1) is 23.5 Å². The van der Waals surface area contributed by atoms with E-state index in [-0.39, 0.29) is 36.3 Å². The highest BCUT2D eigenvalue weighted by molar-refractivity contribution is 5.35. The lowest BCUT2D eigenvalue weighted by Gasteiger charge is -2.28. The van der Waals surface area contributed by atoms with Gasteiger partial charge in [-0.25, -0.2) is 8.78 Å². The predicted octanol–water partition coefficient (Wildman–Crippen LogP) is 14.4. The molecule has 6 rings (SSSR count). The van der Waals surface area contributed by atoms with Crippen molar-refractivity contribution in [2.45, 2.75) is 122 Å². The summed E-state index contributed by atoms with van der Waals surface area (Å²) < 4.78 is 121. The summed E-state index contributed by atoms with van der Waals surface area (Å²) in [6.45, 7) is 4.69. The Labute approximate surface area is 329 Å². The van der Waals surface area contributed by atoms with Gasteiger partial charge in [-0.15, -0.1) is 26.3 Å². The first kappa shape index (κ1) is 43.6. The smallest absolute Gasteiger partial charge is 0.489 e. The first-order chi connectivity index (χ1) is 27.1. The largest absolute Gasteiger partial charge is 0.573 e. The van der Waals surface area contributed by atoms with Crippen LogP contribution >= 0.6 is 0 Å². The molecule has 0 amide bonds. The summed E-state index contributed by atoms with van der Waals surface area (Å²) >= 11 is 0. The molecule has 0 spiro atoms. The van der Waals surface area contributed by atoms with E-state index in [1.54, 1.807) is 12.1 Å². The van der Waals surface area contributed by atoms with Crippen LogP contribution in [0.4, 0.5) is 35.1 Å². The molecule has 0 heterocycles. The predicted molar refractivity (Wildman–Crippen MR) is 202 cm³/mol. The molecule has 0 atom stereocenters. The summed E-state index contributed by atoms with van der Waals surface area (Å²) in [7, 11) is 0. The molecule has 2 fully saturated rings. The van der Waals surface area contributed by atoms with Crippen molar-refractivity contribution in [2.75, 3.05) is 0 Å². The van der Waals surface area contributed by atoms with Gasteiger partial charge in [0.25, 0.3) is 0 Å². The molecular formula is C45H50F8O4. The average molecular weight is 807 g/mol. The molecule has 0 bridgehead atoms. The van der Waals surface area contributed by atoms with E-state index in [1.807, 2.05) is 12.1 Å². The fourth-order valence-electron chi connectivity index (χ4n) is 7.81. The molecule has 0 N–H and O–H groups in total. The third-order valence-electron chi connectivity index (χ3n) is 10.8. The molecular weight excluding hydrogens is 756 g/mol. The SMILES string of the molecule is CCC1CCC(c2cc(F)cc(OCc3ccc(OC(F)(F)F)cc3)c2)CC1.CCCC1CCC(c2cc(F)cc(OCc3ccc(OC(F)(F)F)cc3)c2)CC1. The quantitative estimate of drug-likeness (QED) is 0.126. The van der Waals surface area contributed by atoms with Gasteiger partial charge in [-0.2, -0.15) is 0 Å². The normalized spacial score (nSPS) is 19.9. The number of rotatable bonds is 13. The van der Waals surface area contributed by atoms with E-state index in [2.05, 4.69) is 23.3 Å². The van der Waals surface area contributed by atoms with Crippen LogP contribution < -0.4 is 18.9 Å². The Morgan fingerprint density at radius 2 is 0.877 bits per heavy atom. The van der Waals surface area contributed by atoms with Gasteiger partial charge in [-0.3, -0.25) is 0 Å². The van der Waals surface area contributed by atoms with Gasteiger partial charge in [0, 0.05) is 12.1 Å². The van der Waals surface area contributed by atoms with Crippen molar-refractivity contribution in [1.29, 1.82) is 0 Å². The summed E-state index contributed by atoms with van der Waals surface area (Å²) in [5, 5.41) is 0. The van der Waals surface area contributed by atoms with E-state index in [4.69, 9.17) is 9.47 Å². The van der Waals surface area contributed by atoms with Crippen LogP contribution in [0.3, 0.4) is 0 Å². The molecule has 0 aliphatic heterocycles. The summed E-state index contributed by atoms with van der Waals surface area (Å²) in [4.78, 5) is 0. The maximum Gasteiger partial charge on any atom is 0.573 e. The zero-order valence-electron chi connectivity index (χ0n) is 32.2. The number of benzene rings is 4. The standard InChI is InChI=1S/C23H26F4O2.C22H24F4O2/c1-2-3-16-4-8-18(9-5-16)19-12-20(24)14-22(13-19)28-15-17-6-10-21(11-7-17)29-23(25,26)27;1-2-15-3-7-17(8-4-15)18-11-19(23)13-21(12-18)27-14-16-5-9-20(10-6-16)28-22(24,25)26/h6-7,10-14,16,18H,2-5,8-9,15H2,1H3;5-6,9-13,15,17H,2-4,7-8,14H2,1H3. The molecule has 4 aromatic rings. The van der Waals surface area contributed by atoms with Crippen molar-refractivity contribution in [1.82, 2.24) is 0 Å². The van der Waals surface area contributed by atoms with Crippen molar-refractivity contribution >= 4 is 0 Å². The first-order valence-electron chi connectivity index (χ1n) is 19.7. The van der Waals surface area contributed by atoms with E-state index in [9.17, 15) is 35.1 Å². The van der Waals surface area contributed by atoms with Gasteiger partial charge in [0.05, 0.1) is 0 Å². The van der Waals surface area contributed by atoms with E-state index >= 15 is 0 Å². The molecule has 57 heavy (non-hydrogen) atoms. The summed E-state index contributed by atoms with van der Waals surface area (Å²) in [6.07, 6.45) is 3.16. The van der Waals surface area contributed by atoms with Crippen LogP contribution in [-0.2, 0) is 13.2 Å². The van der Waals surface area contributed by atoms with Crippen LogP contribution in [0.1, 0.15) is 119 Å². The maximum absolute atomic E-state index is 14.1. The van der Waals surface area contributed by atoms with Crippen LogP contribution in [0.25, 0.3) is 0 Å². The van der Waals surface area contributed by atoms with E-state index < -0.39 is 12.7 Å². The molecule has 0 aromatic heterocycles. The Balaban J connectivity index is 0.000000218. The first-order valence-corrected chi connectivity index (χ1v) is 19.7. The molecule has 4 aromatic carbocycles. The number of hydrogen-bond donors (Lipinski definition) is 0. The van der Waals surface area contributed by atoms with Crippen molar-refractivity contribution < 1.29 is 54.1 Å². The lowest BCUT2D eigenvalue weighted by Crippen LogP contribution is -2.17. The topological polar surface area (TPSA) is 36.9 Å². The van der Waals surface area contributed by atoms with Crippen LogP contribution in [0.15, 0.2) is 84.9 Å². The lowest BCUT2D eigenvalue weighted by molar-refractivity contribution is -0.275. The minimum Gasteiger partial charge on any atom is -0.489 e. The van der Waals surface area contributed by atoms with Crippen molar-refractivity contribution in [3.63, 3.8) is 0 Å². The fourth-order valence-corrected chi connectivity index (χ4v) is 7.81. The molecule has 0 unspecified atom stereocenters. The monoisotopic (exact) mass is 806 g/mol. The molecule has 12 heteroatoms. The lowest BCUT2D eigenvalue weighted by atomic mass is 9.77. The van der Waals surface area contributed by atoms with Gasteiger partial charge in [0.1, 0.15) is 47.8 Å². The van der Waals surface area contributed by atoms with Crippen molar-refractivity contribution in [2.24, 2.45) is 11.8 Å². The van der Waals surface area contributed by atoms with Gasteiger partial charge in [-0.1, -0.05) is 57.4 Å². The maximum atomic E-state index is 14.1. The second kappa shape index (κ2) is 20.3. The molecule has 2 aliphatic carbocycles. The Morgan fingerprint density at radius 1 is 0.491 bits per heavy atom. The van der Waals surface area contributed by atoms with Gasteiger partial charge >= 0.3 is 12.7 Å². The summed E-state index contributed by atoms with van der Waals surface area (Å²) in [6, 6.07) is 20.5. The Hall–Kier alpha value is -4.48. The van der Waals surface area contributed by atoms with Gasteiger partial charge < -0.3 is 18.9 Å². The van der Waals surface area contributed by atoms with Crippen molar-refractivity contribution in [3.05, 3.63) is 119 Å². The number of hydrogen-bond acceptors (Lipinski definition) is 4. The minimum atomic E-state index is -4.72. The Kier molecular flexibility index (Phi) is 15.5.